The molecule has 174 valence electrons. The van der Waals surface area contributed by atoms with Crippen LogP contribution in [0, 0.1) is 0 Å². The molecular weight excluding hydrogens is 444 g/mol. The van der Waals surface area contributed by atoms with E-state index in [0.29, 0.717) is 22.2 Å². The van der Waals surface area contributed by atoms with Crippen molar-refractivity contribution in [1.82, 2.24) is 34.5 Å². The maximum Gasteiger partial charge on any atom is 0.281 e. The van der Waals surface area contributed by atoms with Crippen molar-refractivity contribution in [2.75, 3.05) is 32.5 Å². The van der Waals surface area contributed by atoms with E-state index >= 15 is 0 Å². The zero-order valence-electron chi connectivity index (χ0n) is 20.2. The highest BCUT2D eigenvalue weighted by Crippen LogP contribution is 2.34. The second-order valence-corrected chi connectivity index (χ2v) is 7.89. The number of hydrogen-bond donors (Lipinski definition) is 1. The molecule has 1 fully saturated rings. The number of likely N-dealkylation sites (N-methyl/N-ethyl adjacent to an activating group) is 1. The Kier molecular flexibility index (Phi) is 4.27. The fourth-order valence-corrected chi connectivity index (χ4v) is 4.04. The molecule has 1 aromatic carbocycles. The fourth-order valence-electron chi connectivity index (χ4n) is 4.04. The van der Waals surface area contributed by atoms with Gasteiger partial charge in [-0.2, -0.15) is 4.98 Å². The minimum atomic E-state index is -3.05. The Hall–Kier alpha value is -3.48. The van der Waals surface area contributed by atoms with Gasteiger partial charge in [-0.15, -0.1) is 10.2 Å². The predicted octanol–water partition coefficient (Wildman–Crippen LogP) is 2.78. The summed E-state index contributed by atoms with van der Waals surface area (Å²) in [4.78, 5) is 5.55. The van der Waals surface area contributed by atoms with Crippen LogP contribution >= 0.6 is 0 Å². The second kappa shape index (κ2) is 7.83. The standard InChI is InChI=1S/C20H20F4N8O/c1-30-8-15(20(23,24)10-30)25-19-26-18(33-2)17-12(5-6-31(17)28-19)11-3-4-13-14(7-11)32(29-27-13)9-16(21)22/h3-7,15-16H,8-10H2,1-2H3,(H,25,28)/i2D3. The summed E-state index contributed by atoms with van der Waals surface area (Å²) >= 11 is 0. The maximum atomic E-state index is 14.3. The topological polar surface area (TPSA) is 85.4 Å². The lowest BCUT2D eigenvalue weighted by molar-refractivity contribution is 0.00582. The lowest BCUT2D eigenvalue weighted by atomic mass is 10.1. The molecule has 1 aliphatic rings. The average molecular weight is 467 g/mol. The highest BCUT2D eigenvalue weighted by atomic mass is 19.3. The summed E-state index contributed by atoms with van der Waals surface area (Å²) in [6, 6.07) is 5.12. The molecule has 1 unspecified atom stereocenters. The average Bonchev–Trinajstić information content (AvgIpc) is 3.42. The van der Waals surface area contributed by atoms with Crippen molar-refractivity contribution in [3.63, 3.8) is 0 Å². The first kappa shape index (κ1) is 18.0. The van der Waals surface area contributed by atoms with Crippen molar-refractivity contribution >= 4 is 22.5 Å². The fraction of sp³-hybridized carbons (Fsp3) is 0.400. The highest BCUT2D eigenvalue weighted by Gasteiger charge is 2.47. The molecule has 1 N–H and O–H groups in total. The summed E-state index contributed by atoms with van der Waals surface area (Å²) in [5.41, 5.74) is 1.83. The molecule has 9 nitrogen and oxygen atoms in total. The van der Waals surface area contributed by atoms with Gasteiger partial charge in [0, 0.05) is 18.3 Å². The van der Waals surface area contributed by atoms with Crippen LogP contribution in [0.4, 0.5) is 23.5 Å². The quantitative estimate of drug-likeness (QED) is 0.437. The van der Waals surface area contributed by atoms with Gasteiger partial charge in [0.15, 0.2) is 0 Å². The Bertz CT molecular complexity index is 1420. The van der Waals surface area contributed by atoms with Crippen molar-refractivity contribution in [3.8, 4) is 17.0 Å². The Morgan fingerprint density at radius 3 is 2.91 bits per heavy atom. The van der Waals surface area contributed by atoms with E-state index in [1.165, 1.54) is 15.6 Å². The van der Waals surface area contributed by atoms with Crippen LogP contribution in [0.2, 0.25) is 0 Å². The first-order valence-electron chi connectivity index (χ1n) is 11.4. The molecule has 0 radical (unpaired) electrons. The molecule has 1 aliphatic heterocycles. The van der Waals surface area contributed by atoms with Gasteiger partial charge in [0.05, 0.1) is 23.2 Å². The van der Waals surface area contributed by atoms with Gasteiger partial charge in [0.2, 0.25) is 11.8 Å². The molecule has 5 rings (SSSR count). The SMILES string of the molecule is [2H]C([2H])([2H])Oc1nc(NC2CN(C)CC2(F)F)nn2ccc(-c3ccc4nnn(CC(F)F)c4c3)c12. The number of fused-ring (bicyclic) bond motifs is 2. The van der Waals surface area contributed by atoms with E-state index in [0.717, 1.165) is 4.68 Å². The van der Waals surface area contributed by atoms with Gasteiger partial charge < -0.3 is 10.1 Å². The second-order valence-electron chi connectivity index (χ2n) is 7.89. The van der Waals surface area contributed by atoms with Crippen molar-refractivity contribution in [1.29, 1.82) is 0 Å². The molecule has 4 aromatic rings. The van der Waals surface area contributed by atoms with Gasteiger partial charge in [-0.05, 0) is 30.8 Å². The number of likely N-dealkylation sites (tertiary alicyclic amines) is 1. The number of ether oxygens (including phenoxy) is 1. The normalized spacial score (nSPS) is 20.3. The number of methoxy groups -OCH3 is 1. The molecule has 0 spiro atoms. The van der Waals surface area contributed by atoms with Gasteiger partial charge in [0.1, 0.15) is 23.6 Å². The van der Waals surface area contributed by atoms with E-state index in [1.807, 2.05) is 0 Å². The molecule has 0 saturated carbocycles. The first-order valence-corrected chi connectivity index (χ1v) is 9.93. The third kappa shape index (κ3) is 3.81. The van der Waals surface area contributed by atoms with Gasteiger partial charge >= 0.3 is 0 Å². The summed E-state index contributed by atoms with van der Waals surface area (Å²) in [6.45, 7) is -1.07. The summed E-state index contributed by atoms with van der Waals surface area (Å²) in [6.07, 6.45) is -1.15. The number of hydrogen-bond acceptors (Lipinski definition) is 7. The Labute approximate surface area is 189 Å². The number of aromatic nitrogens is 6. The molecule has 0 aliphatic carbocycles. The number of nitrogens with zero attached hydrogens (tertiary/aromatic N) is 7. The van der Waals surface area contributed by atoms with Crippen LogP contribution in [0.25, 0.3) is 27.7 Å². The van der Waals surface area contributed by atoms with E-state index < -0.39 is 38.5 Å². The van der Waals surface area contributed by atoms with E-state index in [1.54, 1.807) is 31.3 Å². The Morgan fingerprint density at radius 2 is 2.18 bits per heavy atom. The molecular formula is C20H20F4N8O. The largest absolute Gasteiger partial charge is 0.479 e. The molecule has 13 heteroatoms. The number of anilines is 1. The van der Waals surface area contributed by atoms with Crippen LogP contribution in [0.15, 0.2) is 30.5 Å². The molecule has 4 heterocycles. The van der Waals surface area contributed by atoms with E-state index in [4.69, 9.17) is 8.85 Å². The molecule has 3 aromatic heterocycles. The molecule has 0 amide bonds. The number of rotatable bonds is 6. The van der Waals surface area contributed by atoms with Crippen molar-refractivity contribution in [2.24, 2.45) is 0 Å². The van der Waals surface area contributed by atoms with Crippen molar-refractivity contribution in [2.45, 2.75) is 24.9 Å². The van der Waals surface area contributed by atoms with Crippen LogP contribution in [0.5, 0.6) is 5.88 Å². The van der Waals surface area contributed by atoms with E-state index in [2.05, 4.69) is 25.7 Å². The third-order valence-corrected chi connectivity index (χ3v) is 5.50. The lowest BCUT2D eigenvalue weighted by Gasteiger charge is -2.19. The van der Waals surface area contributed by atoms with Gasteiger partial charge in [0.25, 0.3) is 12.3 Å². The molecule has 1 saturated heterocycles. The smallest absolute Gasteiger partial charge is 0.281 e. The summed E-state index contributed by atoms with van der Waals surface area (Å²) < 4.78 is 84.6. The molecule has 1 atom stereocenters. The van der Waals surface area contributed by atoms with Gasteiger partial charge in [-0.25, -0.2) is 26.8 Å². The van der Waals surface area contributed by atoms with Gasteiger partial charge in [-0.1, -0.05) is 11.3 Å². The minimum absolute atomic E-state index is 0.0289. The third-order valence-electron chi connectivity index (χ3n) is 5.50. The van der Waals surface area contributed by atoms with Gasteiger partial charge in [-0.3, -0.25) is 4.90 Å². The summed E-state index contributed by atoms with van der Waals surface area (Å²) in [5, 5.41) is 14.4. The van der Waals surface area contributed by atoms with Crippen molar-refractivity contribution in [3.05, 3.63) is 30.5 Å². The minimum Gasteiger partial charge on any atom is -0.479 e. The monoisotopic (exact) mass is 467 g/mol. The van der Waals surface area contributed by atoms with Crippen molar-refractivity contribution < 1.29 is 26.4 Å². The predicted molar refractivity (Wildman–Crippen MR) is 112 cm³/mol. The lowest BCUT2D eigenvalue weighted by Crippen LogP contribution is -2.38. The maximum absolute atomic E-state index is 14.3. The Morgan fingerprint density at radius 1 is 1.33 bits per heavy atom. The zero-order valence-corrected chi connectivity index (χ0v) is 17.2. The number of nitrogens with one attached hydrogen (secondary N) is 1. The van der Waals surface area contributed by atoms with Crippen LogP contribution in [-0.4, -0.2) is 80.1 Å². The number of alkyl halides is 4. The van der Waals surface area contributed by atoms with E-state index in [9.17, 15) is 17.6 Å². The Balaban J connectivity index is 1.59. The van der Waals surface area contributed by atoms with E-state index in [-0.39, 0.29) is 23.9 Å². The summed E-state index contributed by atoms with van der Waals surface area (Å²) in [7, 11) is -1.34. The molecule has 33 heavy (non-hydrogen) atoms. The highest BCUT2D eigenvalue weighted by molar-refractivity contribution is 5.89. The van der Waals surface area contributed by atoms with Crippen LogP contribution in [0.1, 0.15) is 4.11 Å². The first-order chi connectivity index (χ1) is 16.9. The van der Waals surface area contributed by atoms with Crippen LogP contribution in [0.3, 0.4) is 0 Å². The zero-order chi connectivity index (χ0) is 25.8. The number of benzene rings is 1. The summed E-state index contributed by atoms with van der Waals surface area (Å²) in [5.74, 6) is -3.65. The van der Waals surface area contributed by atoms with Crippen LogP contribution < -0.4 is 10.1 Å². The number of halogens is 4. The van der Waals surface area contributed by atoms with Crippen LogP contribution in [-0.2, 0) is 6.54 Å². The molecule has 0 bridgehead atoms.